The number of hydrogen-bond acceptors (Lipinski definition) is 7. The first-order valence-electron chi connectivity index (χ1n) is 9.64. The number of ether oxygens (including phenoxy) is 2. The van der Waals surface area contributed by atoms with Gasteiger partial charge in [0.25, 0.3) is 0 Å². The van der Waals surface area contributed by atoms with Gasteiger partial charge in [0, 0.05) is 35.9 Å². The summed E-state index contributed by atoms with van der Waals surface area (Å²) in [7, 11) is 3.09. The Labute approximate surface area is 184 Å². The van der Waals surface area contributed by atoms with Crippen molar-refractivity contribution in [1.82, 2.24) is 19.7 Å². The van der Waals surface area contributed by atoms with Crippen LogP contribution in [0.1, 0.15) is 0 Å². The predicted molar refractivity (Wildman–Crippen MR) is 121 cm³/mol. The molecule has 0 aliphatic heterocycles. The summed E-state index contributed by atoms with van der Waals surface area (Å²) in [4.78, 5) is 20.8. The number of carbonyl (C=O) groups excluding carboxylic acids is 1. The van der Waals surface area contributed by atoms with E-state index < -0.39 is 6.03 Å². The highest BCUT2D eigenvalue weighted by Gasteiger charge is 2.09. The summed E-state index contributed by atoms with van der Waals surface area (Å²) >= 11 is 0. The molecule has 0 spiro atoms. The van der Waals surface area contributed by atoms with Gasteiger partial charge in [-0.1, -0.05) is 0 Å². The van der Waals surface area contributed by atoms with Crippen molar-refractivity contribution in [2.45, 2.75) is 0 Å². The highest BCUT2D eigenvalue weighted by molar-refractivity contribution is 6.00. The monoisotopic (exact) mass is 431 g/mol. The summed E-state index contributed by atoms with van der Waals surface area (Å²) in [6, 6.07) is 15.6. The molecule has 0 aliphatic rings. The molecule has 0 bridgehead atoms. The summed E-state index contributed by atoms with van der Waals surface area (Å²) in [6.07, 6.45) is 4.95. The van der Waals surface area contributed by atoms with E-state index in [-0.39, 0.29) is 0 Å². The molecule has 3 N–H and O–H groups in total. The maximum absolute atomic E-state index is 12.4. The number of benzene rings is 2. The summed E-state index contributed by atoms with van der Waals surface area (Å²) in [5.74, 6) is 2.40. The van der Waals surface area contributed by atoms with Gasteiger partial charge < -0.3 is 25.4 Å². The molecule has 0 saturated carbocycles. The van der Waals surface area contributed by atoms with Gasteiger partial charge in [0.2, 0.25) is 0 Å². The third kappa shape index (κ3) is 4.93. The molecule has 2 heterocycles. The predicted octanol–water partition coefficient (Wildman–Crippen LogP) is 4.07. The number of nitrogens with zero attached hydrogens (tertiary/aromatic N) is 4. The molecule has 10 heteroatoms. The quantitative estimate of drug-likeness (QED) is 0.404. The first-order valence-corrected chi connectivity index (χ1v) is 9.64. The molecule has 0 fully saturated rings. The van der Waals surface area contributed by atoms with Crippen molar-refractivity contribution >= 4 is 28.9 Å². The molecule has 0 saturated heterocycles. The summed E-state index contributed by atoms with van der Waals surface area (Å²) in [5, 5.41) is 12.9. The van der Waals surface area contributed by atoms with Crippen molar-refractivity contribution in [3.63, 3.8) is 0 Å². The van der Waals surface area contributed by atoms with E-state index in [9.17, 15) is 4.79 Å². The molecule has 0 unspecified atom stereocenters. The number of rotatable bonds is 7. The van der Waals surface area contributed by atoms with E-state index >= 15 is 0 Å². The van der Waals surface area contributed by atoms with Gasteiger partial charge in [-0.15, -0.1) is 0 Å². The van der Waals surface area contributed by atoms with E-state index in [1.807, 2.05) is 18.2 Å². The lowest BCUT2D eigenvalue weighted by atomic mass is 10.2. The Morgan fingerprint density at radius 2 is 1.75 bits per heavy atom. The van der Waals surface area contributed by atoms with Crippen molar-refractivity contribution in [2.24, 2.45) is 0 Å². The summed E-state index contributed by atoms with van der Waals surface area (Å²) in [5.41, 5.74) is 1.96. The van der Waals surface area contributed by atoms with Gasteiger partial charge >= 0.3 is 6.03 Å². The molecule has 0 aliphatic carbocycles. The van der Waals surface area contributed by atoms with Crippen molar-refractivity contribution in [2.75, 3.05) is 30.2 Å². The second-order valence-electron chi connectivity index (χ2n) is 6.56. The number of anilines is 4. The van der Waals surface area contributed by atoms with Crippen molar-refractivity contribution in [3.05, 3.63) is 73.3 Å². The van der Waals surface area contributed by atoms with E-state index in [4.69, 9.17) is 9.47 Å². The second kappa shape index (κ2) is 9.47. The van der Waals surface area contributed by atoms with Crippen molar-refractivity contribution < 1.29 is 14.3 Å². The molecular formula is C22H21N7O3. The Kier molecular flexibility index (Phi) is 6.12. The van der Waals surface area contributed by atoms with Crippen LogP contribution in [0.15, 0.2) is 73.3 Å². The van der Waals surface area contributed by atoms with Gasteiger partial charge in [-0.05, 0) is 42.5 Å². The summed E-state index contributed by atoms with van der Waals surface area (Å²) in [6.45, 7) is 0. The number of amides is 2. The number of aromatic nitrogens is 4. The van der Waals surface area contributed by atoms with Crippen LogP contribution in [0.4, 0.5) is 27.7 Å². The van der Waals surface area contributed by atoms with Crippen LogP contribution in [0.3, 0.4) is 0 Å². The van der Waals surface area contributed by atoms with E-state index in [0.29, 0.717) is 34.5 Å². The Bertz CT molecular complexity index is 1190. The zero-order chi connectivity index (χ0) is 22.3. The minimum Gasteiger partial charge on any atom is -0.497 e. The maximum Gasteiger partial charge on any atom is 0.323 e. The second-order valence-corrected chi connectivity index (χ2v) is 6.56. The van der Waals surface area contributed by atoms with Crippen LogP contribution in [-0.2, 0) is 0 Å². The zero-order valence-electron chi connectivity index (χ0n) is 17.4. The van der Waals surface area contributed by atoms with Crippen molar-refractivity contribution in [1.29, 1.82) is 0 Å². The molecule has 162 valence electrons. The van der Waals surface area contributed by atoms with Crippen LogP contribution in [0.2, 0.25) is 0 Å². The first kappa shape index (κ1) is 20.7. The zero-order valence-corrected chi connectivity index (χ0v) is 17.4. The lowest BCUT2D eigenvalue weighted by Crippen LogP contribution is -2.19. The first-order chi connectivity index (χ1) is 15.6. The SMILES string of the molecule is COc1ccc(NC(=O)Nc2ccc(Nc3cc(-n4cccn4)ncn3)cc2)c(OC)c1. The topological polar surface area (TPSA) is 115 Å². The minimum atomic E-state index is -0.395. The Morgan fingerprint density at radius 3 is 2.47 bits per heavy atom. The van der Waals surface area contributed by atoms with E-state index in [1.165, 1.54) is 13.4 Å². The molecule has 10 nitrogen and oxygen atoms in total. The number of hydrogen-bond donors (Lipinski definition) is 3. The number of carbonyl (C=O) groups is 1. The molecule has 2 aromatic carbocycles. The van der Waals surface area contributed by atoms with Crippen LogP contribution in [0.5, 0.6) is 11.5 Å². The summed E-state index contributed by atoms with van der Waals surface area (Å²) < 4.78 is 12.1. The lowest BCUT2D eigenvalue weighted by molar-refractivity contribution is 0.262. The van der Waals surface area contributed by atoms with Crippen molar-refractivity contribution in [3.8, 4) is 17.3 Å². The van der Waals surface area contributed by atoms with Gasteiger partial charge in [-0.3, -0.25) is 0 Å². The molecule has 4 rings (SSSR count). The fourth-order valence-electron chi connectivity index (χ4n) is 2.92. The van der Waals surface area contributed by atoms with Gasteiger partial charge in [0.1, 0.15) is 23.6 Å². The van der Waals surface area contributed by atoms with Crippen LogP contribution in [0.25, 0.3) is 5.82 Å². The average molecular weight is 431 g/mol. The fraction of sp³-hybridized carbons (Fsp3) is 0.0909. The third-order valence-corrected chi connectivity index (χ3v) is 4.46. The van der Waals surface area contributed by atoms with Gasteiger partial charge in [-0.2, -0.15) is 5.10 Å². The Morgan fingerprint density at radius 1 is 0.938 bits per heavy atom. The van der Waals surface area contributed by atoms with E-state index in [1.54, 1.807) is 60.6 Å². The van der Waals surface area contributed by atoms with E-state index in [0.717, 1.165) is 5.69 Å². The molecule has 0 atom stereocenters. The number of nitrogens with one attached hydrogen (secondary N) is 3. The van der Waals surface area contributed by atoms with Crippen LogP contribution in [0, 0.1) is 0 Å². The van der Waals surface area contributed by atoms with Crippen LogP contribution in [-0.4, -0.2) is 40.0 Å². The largest absolute Gasteiger partial charge is 0.497 e. The van der Waals surface area contributed by atoms with Crippen LogP contribution < -0.4 is 25.4 Å². The Balaban J connectivity index is 1.38. The Hall–Kier alpha value is -4.60. The number of methoxy groups -OCH3 is 2. The third-order valence-electron chi connectivity index (χ3n) is 4.46. The molecule has 2 amide bonds. The molecule has 2 aromatic heterocycles. The molecule has 32 heavy (non-hydrogen) atoms. The molecule has 0 radical (unpaired) electrons. The van der Waals surface area contributed by atoms with Gasteiger partial charge in [0.15, 0.2) is 5.82 Å². The minimum absolute atomic E-state index is 0.395. The number of urea groups is 1. The molecule has 4 aromatic rings. The lowest BCUT2D eigenvalue weighted by Gasteiger charge is -2.13. The van der Waals surface area contributed by atoms with Gasteiger partial charge in [0.05, 0.1) is 19.9 Å². The highest BCUT2D eigenvalue weighted by Crippen LogP contribution is 2.29. The molecular weight excluding hydrogens is 410 g/mol. The highest BCUT2D eigenvalue weighted by atomic mass is 16.5. The normalized spacial score (nSPS) is 10.3. The fourth-order valence-corrected chi connectivity index (χ4v) is 2.92. The standard InChI is InChI=1S/C22H21N7O3/c1-31-17-8-9-18(19(12-17)32-2)28-22(30)27-16-6-4-15(5-7-16)26-20-13-21(24-14-23-20)29-11-3-10-25-29/h3-14H,1-2H3,(H,23,24,26)(H2,27,28,30). The average Bonchev–Trinajstić information content (AvgIpc) is 3.36. The maximum atomic E-state index is 12.4. The van der Waals surface area contributed by atoms with E-state index in [2.05, 4.69) is 31.0 Å². The van der Waals surface area contributed by atoms with Gasteiger partial charge in [-0.25, -0.2) is 19.4 Å². The smallest absolute Gasteiger partial charge is 0.323 e. The van der Waals surface area contributed by atoms with Crippen LogP contribution >= 0.6 is 0 Å².